The minimum Gasteiger partial charge on any atom is -0.251 e. The van der Waals surface area contributed by atoms with Gasteiger partial charge >= 0.3 is 0 Å². The summed E-state index contributed by atoms with van der Waals surface area (Å²) in [6, 6.07) is 6.01. The molecule has 2 rings (SSSR count). The molecule has 1 aromatic heterocycles. The molecule has 0 amide bonds. The SMILES string of the molecule is CCc1cccc2c(Cl)c(Cl)c(C)nc12. The van der Waals surface area contributed by atoms with Gasteiger partial charge in [0.25, 0.3) is 0 Å². The van der Waals surface area contributed by atoms with Crippen LogP contribution in [0.25, 0.3) is 10.9 Å². The first-order chi connectivity index (χ1) is 7.15. The van der Waals surface area contributed by atoms with Crippen molar-refractivity contribution in [2.24, 2.45) is 0 Å². The Kier molecular flexibility index (Phi) is 2.85. The number of halogens is 2. The molecule has 2 aromatic rings. The zero-order valence-electron chi connectivity index (χ0n) is 8.64. The number of aromatic nitrogens is 1. The lowest BCUT2D eigenvalue weighted by Gasteiger charge is -2.08. The largest absolute Gasteiger partial charge is 0.251 e. The highest BCUT2D eigenvalue weighted by Gasteiger charge is 2.10. The number of rotatable bonds is 1. The fraction of sp³-hybridized carbons (Fsp3) is 0.250. The maximum Gasteiger partial charge on any atom is 0.0811 e. The van der Waals surface area contributed by atoms with Crippen LogP contribution in [-0.4, -0.2) is 4.98 Å². The van der Waals surface area contributed by atoms with Crippen LogP contribution >= 0.6 is 23.2 Å². The zero-order valence-corrected chi connectivity index (χ0v) is 10.2. The summed E-state index contributed by atoms with van der Waals surface area (Å²) in [4.78, 5) is 4.49. The van der Waals surface area contributed by atoms with Gasteiger partial charge in [-0.1, -0.05) is 48.3 Å². The summed E-state index contributed by atoms with van der Waals surface area (Å²) in [5.74, 6) is 0. The molecule has 15 heavy (non-hydrogen) atoms. The van der Waals surface area contributed by atoms with Gasteiger partial charge in [-0.05, 0) is 18.9 Å². The number of benzene rings is 1. The van der Waals surface area contributed by atoms with Gasteiger partial charge < -0.3 is 0 Å². The average Bonchev–Trinajstić information content (AvgIpc) is 2.25. The Morgan fingerprint density at radius 2 is 1.93 bits per heavy atom. The van der Waals surface area contributed by atoms with E-state index < -0.39 is 0 Å². The minimum atomic E-state index is 0.553. The van der Waals surface area contributed by atoms with Crippen LogP contribution in [-0.2, 0) is 6.42 Å². The van der Waals surface area contributed by atoms with Crippen molar-refractivity contribution in [3.8, 4) is 0 Å². The molecule has 0 spiro atoms. The average molecular weight is 240 g/mol. The number of nitrogens with zero attached hydrogens (tertiary/aromatic N) is 1. The van der Waals surface area contributed by atoms with Crippen molar-refractivity contribution in [3.05, 3.63) is 39.5 Å². The summed E-state index contributed by atoms with van der Waals surface area (Å²) in [6.45, 7) is 3.98. The van der Waals surface area contributed by atoms with Crippen molar-refractivity contribution in [3.63, 3.8) is 0 Å². The van der Waals surface area contributed by atoms with E-state index in [1.165, 1.54) is 5.56 Å². The van der Waals surface area contributed by atoms with Crippen molar-refractivity contribution in [2.45, 2.75) is 20.3 Å². The molecule has 0 aliphatic carbocycles. The van der Waals surface area contributed by atoms with E-state index in [1.54, 1.807) is 0 Å². The standard InChI is InChI=1S/C12H11Cl2N/c1-3-8-5-4-6-9-11(14)10(13)7(2)15-12(8)9/h4-6H,3H2,1-2H3. The molecule has 0 aliphatic rings. The summed E-state index contributed by atoms with van der Waals surface area (Å²) < 4.78 is 0. The van der Waals surface area contributed by atoms with Crippen LogP contribution < -0.4 is 0 Å². The number of aryl methyl sites for hydroxylation is 2. The van der Waals surface area contributed by atoms with E-state index in [-0.39, 0.29) is 0 Å². The molecule has 0 bridgehead atoms. The summed E-state index contributed by atoms with van der Waals surface area (Å²) in [5.41, 5.74) is 2.95. The fourth-order valence-electron chi connectivity index (χ4n) is 1.68. The second-order valence-corrected chi connectivity index (χ2v) is 4.25. The van der Waals surface area contributed by atoms with E-state index in [2.05, 4.69) is 18.0 Å². The first-order valence-electron chi connectivity index (χ1n) is 4.88. The van der Waals surface area contributed by atoms with Crippen LogP contribution in [0.4, 0.5) is 0 Å². The number of hydrogen-bond acceptors (Lipinski definition) is 1. The maximum atomic E-state index is 6.19. The predicted molar refractivity (Wildman–Crippen MR) is 65.9 cm³/mol. The van der Waals surface area contributed by atoms with Gasteiger partial charge in [0.05, 0.1) is 21.3 Å². The highest BCUT2D eigenvalue weighted by molar-refractivity contribution is 6.45. The van der Waals surface area contributed by atoms with Crippen molar-refractivity contribution in [2.75, 3.05) is 0 Å². The number of pyridine rings is 1. The third-order valence-electron chi connectivity index (χ3n) is 2.53. The fourth-order valence-corrected chi connectivity index (χ4v) is 2.11. The third kappa shape index (κ3) is 1.70. The monoisotopic (exact) mass is 239 g/mol. The molecule has 0 saturated heterocycles. The normalized spacial score (nSPS) is 10.9. The third-order valence-corrected chi connectivity index (χ3v) is 3.48. The van der Waals surface area contributed by atoms with Crippen LogP contribution in [0.3, 0.4) is 0 Å². The summed E-state index contributed by atoms with van der Waals surface area (Å²) in [7, 11) is 0. The van der Waals surface area contributed by atoms with Crippen molar-refractivity contribution in [1.82, 2.24) is 4.98 Å². The predicted octanol–water partition coefficient (Wildman–Crippen LogP) is 4.41. The lowest BCUT2D eigenvalue weighted by molar-refractivity contribution is 1.13. The molecule has 0 atom stereocenters. The molecule has 0 aliphatic heterocycles. The van der Waals surface area contributed by atoms with Crippen molar-refractivity contribution >= 4 is 34.1 Å². The number of fused-ring (bicyclic) bond motifs is 1. The minimum absolute atomic E-state index is 0.553. The van der Waals surface area contributed by atoms with Gasteiger partial charge in [-0.3, -0.25) is 4.98 Å². The number of hydrogen-bond donors (Lipinski definition) is 0. The molecule has 0 unspecified atom stereocenters. The molecular weight excluding hydrogens is 229 g/mol. The quantitative estimate of drug-likeness (QED) is 0.719. The Morgan fingerprint density at radius 3 is 2.60 bits per heavy atom. The van der Waals surface area contributed by atoms with Crippen LogP contribution in [0.1, 0.15) is 18.2 Å². The van der Waals surface area contributed by atoms with Gasteiger partial charge in [0.2, 0.25) is 0 Å². The highest BCUT2D eigenvalue weighted by atomic mass is 35.5. The van der Waals surface area contributed by atoms with Crippen molar-refractivity contribution < 1.29 is 0 Å². The van der Waals surface area contributed by atoms with Gasteiger partial charge in [-0.2, -0.15) is 0 Å². The lowest BCUT2D eigenvalue weighted by Crippen LogP contribution is -1.92. The molecule has 0 radical (unpaired) electrons. The Morgan fingerprint density at radius 1 is 1.20 bits per heavy atom. The first-order valence-corrected chi connectivity index (χ1v) is 5.64. The van der Waals surface area contributed by atoms with Crippen LogP contribution in [0.2, 0.25) is 10.0 Å². The molecule has 0 N–H and O–H groups in total. The summed E-state index contributed by atoms with van der Waals surface area (Å²) in [5, 5.41) is 2.10. The summed E-state index contributed by atoms with van der Waals surface area (Å²) >= 11 is 12.2. The molecule has 3 heteroatoms. The second-order valence-electron chi connectivity index (χ2n) is 3.49. The van der Waals surface area contributed by atoms with E-state index in [0.717, 1.165) is 23.0 Å². The molecule has 1 aromatic carbocycles. The van der Waals surface area contributed by atoms with E-state index in [4.69, 9.17) is 23.2 Å². The molecular formula is C12H11Cl2N. The molecule has 1 heterocycles. The Hall–Kier alpha value is -0.790. The smallest absolute Gasteiger partial charge is 0.0811 e. The van der Waals surface area contributed by atoms with Crippen molar-refractivity contribution in [1.29, 1.82) is 0 Å². The Labute approximate surface area is 99.0 Å². The maximum absolute atomic E-state index is 6.19. The molecule has 1 nitrogen and oxygen atoms in total. The van der Waals surface area contributed by atoms with Crippen LogP contribution in [0.15, 0.2) is 18.2 Å². The van der Waals surface area contributed by atoms with Gasteiger partial charge in [-0.25, -0.2) is 0 Å². The van der Waals surface area contributed by atoms with Gasteiger partial charge in [0.15, 0.2) is 0 Å². The Bertz CT molecular complexity index is 521. The number of para-hydroxylation sites is 1. The van der Waals surface area contributed by atoms with Gasteiger partial charge in [0, 0.05) is 5.39 Å². The Balaban J connectivity index is 2.91. The second kappa shape index (κ2) is 3.99. The van der Waals surface area contributed by atoms with Crippen LogP contribution in [0, 0.1) is 6.92 Å². The van der Waals surface area contributed by atoms with Gasteiger partial charge in [-0.15, -0.1) is 0 Å². The topological polar surface area (TPSA) is 12.9 Å². The van der Waals surface area contributed by atoms with Crippen LogP contribution in [0.5, 0.6) is 0 Å². The first kappa shape index (κ1) is 10.7. The van der Waals surface area contributed by atoms with E-state index in [1.807, 2.05) is 19.1 Å². The lowest BCUT2D eigenvalue weighted by atomic mass is 10.1. The van der Waals surface area contributed by atoms with E-state index in [0.29, 0.717) is 10.0 Å². The summed E-state index contributed by atoms with van der Waals surface area (Å²) in [6.07, 6.45) is 0.946. The highest BCUT2D eigenvalue weighted by Crippen LogP contribution is 2.33. The zero-order chi connectivity index (χ0) is 11.0. The van der Waals surface area contributed by atoms with Gasteiger partial charge in [0.1, 0.15) is 0 Å². The van der Waals surface area contributed by atoms with E-state index >= 15 is 0 Å². The molecule has 78 valence electrons. The molecule has 0 saturated carbocycles. The van der Waals surface area contributed by atoms with E-state index in [9.17, 15) is 0 Å². The molecule has 0 fully saturated rings.